The van der Waals surface area contributed by atoms with Crippen LogP contribution in [0.1, 0.15) is 20.3 Å². The molecular formula is C9H18O2Si. The van der Waals surface area contributed by atoms with Crippen molar-refractivity contribution in [1.82, 2.24) is 0 Å². The van der Waals surface area contributed by atoms with Crippen LogP contribution in [0.15, 0.2) is 12.2 Å². The van der Waals surface area contributed by atoms with Crippen LogP contribution in [-0.2, 0) is 8.85 Å². The molecule has 1 rings (SSSR count). The van der Waals surface area contributed by atoms with E-state index < -0.39 is 8.56 Å². The summed E-state index contributed by atoms with van der Waals surface area (Å²) in [7, 11) is -1.76. The molecule has 0 aliphatic carbocycles. The van der Waals surface area contributed by atoms with Gasteiger partial charge in [0.05, 0.1) is 6.61 Å². The molecule has 2 nitrogen and oxygen atoms in total. The van der Waals surface area contributed by atoms with Crippen molar-refractivity contribution < 1.29 is 8.85 Å². The Morgan fingerprint density at radius 1 is 1.17 bits per heavy atom. The van der Waals surface area contributed by atoms with Crippen molar-refractivity contribution in [3.63, 3.8) is 0 Å². The molecule has 1 aliphatic heterocycles. The van der Waals surface area contributed by atoms with Crippen LogP contribution >= 0.6 is 0 Å². The van der Waals surface area contributed by atoms with Crippen molar-refractivity contribution in [1.29, 1.82) is 0 Å². The van der Waals surface area contributed by atoms with E-state index in [1.54, 1.807) is 0 Å². The van der Waals surface area contributed by atoms with E-state index in [1.807, 2.05) is 0 Å². The quantitative estimate of drug-likeness (QED) is 0.487. The molecule has 0 bridgehead atoms. The number of rotatable bonds is 2. The topological polar surface area (TPSA) is 18.5 Å². The molecule has 0 unspecified atom stereocenters. The lowest BCUT2D eigenvalue weighted by Gasteiger charge is -2.29. The Kier molecular flexibility index (Phi) is 3.98. The van der Waals surface area contributed by atoms with E-state index >= 15 is 0 Å². The summed E-state index contributed by atoms with van der Waals surface area (Å²) in [6, 6.07) is 2.13. The third-order valence-electron chi connectivity index (χ3n) is 2.34. The molecule has 0 amide bonds. The van der Waals surface area contributed by atoms with E-state index in [4.69, 9.17) is 8.85 Å². The van der Waals surface area contributed by atoms with E-state index in [1.165, 1.54) is 0 Å². The Bertz CT molecular complexity index is 153. The normalized spacial score (nSPS) is 25.8. The predicted octanol–water partition coefficient (Wildman–Crippen LogP) is 2.46. The summed E-state index contributed by atoms with van der Waals surface area (Å²) in [4.78, 5) is 0. The van der Waals surface area contributed by atoms with E-state index in [-0.39, 0.29) is 0 Å². The molecule has 70 valence electrons. The molecule has 0 atom stereocenters. The van der Waals surface area contributed by atoms with Gasteiger partial charge in [-0.15, -0.1) is 0 Å². The Balaban J connectivity index is 2.55. The second-order valence-corrected chi connectivity index (χ2v) is 6.85. The molecule has 0 aromatic heterocycles. The monoisotopic (exact) mass is 186 g/mol. The zero-order chi connectivity index (χ0) is 8.86. The van der Waals surface area contributed by atoms with Gasteiger partial charge in [-0.1, -0.05) is 26.0 Å². The third kappa shape index (κ3) is 2.44. The number of hydrogen-bond acceptors (Lipinski definition) is 2. The van der Waals surface area contributed by atoms with Crippen LogP contribution in [0.5, 0.6) is 0 Å². The lowest BCUT2D eigenvalue weighted by Crippen LogP contribution is -2.41. The minimum Gasteiger partial charge on any atom is -0.394 e. The Labute approximate surface area is 75.8 Å². The minimum atomic E-state index is -1.76. The fourth-order valence-electron chi connectivity index (χ4n) is 1.40. The van der Waals surface area contributed by atoms with Crippen molar-refractivity contribution in [3.05, 3.63) is 12.2 Å². The summed E-state index contributed by atoms with van der Waals surface area (Å²) < 4.78 is 11.6. The van der Waals surface area contributed by atoms with Crippen LogP contribution < -0.4 is 0 Å². The summed E-state index contributed by atoms with van der Waals surface area (Å²) in [6.07, 6.45) is 5.28. The molecule has 0 saturated carbocycles. The second kappa shape index (κ2) is 4.79. The smallest absolute Gasteiger partial charge is 0.337 e. The lowest BCUT2D eigenvalue weighted by molar-refractivity contribution is 0.182. The Morgan fingerprint density at radius 3 is 2.58 bits per heavy atom. The van der Waals surface area contributed by atoms with E-state index in [0.717, 1.165) is 31.7 Å². The summed E-state index contributed by atoms with van der Waals surface area (Å²) >= 11 is 0. The maximum Gasteiger partial charge on any atom is 0.337 e. The van der Waals surface area contributed by atoms with Crippen LogP contribution in [0.2, 0.25) is 12.1 Å². The maximum atomic E-state index is 5.83. The highest BCUT2D eigenvalue weighted by Gasteiger charge is 2.33. The first-order valence-corrected chi connectivity index (χ1v) is 6.99. The van der Waals surface area contributed by atoms with Gasteiger partial charge < -0.3 is 8.85 Å². The largest absolute Gasteiger partial charge is 0.394 e. The van der Waals surface area contributed by atoms with Crippen LogP contribution in [0, 0.1) is 0 Å². The van der Waals surface area contributed by atoms with Crippen LogP contribution in [0.25, 0.3) is 0 Å². The van der Waals surface area contributed by atoms with E-state index in [9.17, 15) is 0 Å². The summed E-state index contributed by atoms with van der Waals surface area (Å²) in [5.74, 6) is 0. The summed E-state index contributed by atoms with van der Waals surface area (Å²) in [5, 5.41) is 0. The van der Waals surface area contributed by atoms with Crippen molar-refractivity contribution in [2.24, 2.45) is 0 Å². The molecule has 1 heterocycles. The lowest BCUT2D eigenvalue weighted by atomic mass is 10.4. The summed E-state index contributed by atoms with van der Waals surface area (Å²) in [5.41, 5.74) is 0. The zero-order valence-corrected chi connectivity index (χ0v) is 9.01. The second-order valence-electron chi connectivity index (χ2n) is 3.04. The molecule has 0 saturated heterocycles. The molecule has 0 radical (unpaired) electrons. The highest BCUT2D eigenvalue weighted by atomic mass is 28.4. The molecule has 0 aromatic carbocycles. The fourth-order valence-corrected chi connectivity index (χ4v) is 3.69. The molecule has 0 spiro atoms. The first kappa shape index (κ1) is 9.96. The Hall–Kier alpha value is -0.123. The van der Waals surface area contributed by atoms with Crippen molar-refractivity contribution in [2.75, 3.05) is 13.2 Å². The molecule has 3 heteroatoms. The van der Waals surface area contributed by atoms with Gasteiger partial charge in [0.25, 0.3) is 0 Å². The first-order chi connectivity index (χ1) is 5.83. The SMILES string of the molecule is CC[Si]1(CC)OC/C=C\CCO1. The molecular weight excluding hydrogens is 168 g/mol. The van der Waals surface area contributed by atoms with Gasteiger partial charge in [-0.3, -0.25) is 0 Å². The van der Waals surface area contributed by atoms with E-state index in [2.05, 4.69) is 26.0 Å². The van der Waals surface area contributed by atoms with Crippen molar-refractivity contribution in [2.45, 2.75) is 32.4 Å². The van der Waals surface area contributed by atoms with Gasteiger partial charge in [0, 0.05) is 6.61 Å². The van der Waals surface area contributed by atoms with Gasteiger partial charge >= 0.3 is 8.56 Å². The minimum absolute atomic E-state index is 0.744. The molecule has 0 aromatic rings. The van der Waals surface area contributed by atoms with Crippen LogP contribution in [0.4, 0.5) is 0 Å². The average Bonchev–Trinajstić information content (AvgIpc) is 2.06. The molecule has 0 fully saturated rings. The standard InChI is InChI=1S/C9H18O2Si/c1-3-12(4-2)10-8-6-5-7-9-11-12/h5-6H,3-4,7-9H2,1-2H3/b6-5-. The third-order valence-corrected chi connectivity index (χ3v) is 5.91. The fraction of sp³-hybridized carbons (Fsp3) is 0.778. The van der Waals surface area contributed by atoms with Crippen LogP contribution in [0.3, 0.4) is 0 Å². The number of hydrogen-bond donors (Lipinski definition) is 0. The van der Waals surface area contributed by atoms with Gasteiger partial charge in [-0.2, -0.15) is 0 Å². The van der Waals surface area contributed by atoms with Crippen LogP contribution in [-0.4, -0.2) is 21.8 Å². The van der Waals surface area contributed by atoms with Crippen molar-refractivity contribution in [3.8, 4) is 0 Å². The zero-order valence-electron chi connectivity index (χ0n) is 8.01. The highest BCUT2D eigenvalue weighted by Crippen LogP contribution is 2.19. The van der Waals surface area contributed by atoms with Gasteiger partial charge in [-0.05, 0) is 18.5 Å². The molecule has 0 N–H and O–H groups in total. The highest BCUT2D eigenvalue weighted by molar-refractivity contribution is 6.67. The summed E-state index contributed by atoms with van der Waals surface area (Å²) in [6.45, 7) is 5.92. The predicted molar refractivity (Wildman–Crippen MR) is 52.4 cm³/mol. The Morgan fingerprint density at radius 2 is 1.92 bits per heavy atom. The van der Waals surface area contributed by atoms with Gasteiger partial charge in [0.15, 0.2) is 0 Å². The maximum absolute atomic E-state index is 5.83. The van der Waals surface area contributed by atoms with Gasteiger partial charge in [-0.25, -0.2) is 0 Å². The average molecular weight is 186 g/mol. The van der Waals surface area contributed by atoms with Gasteiger partial charge in [0.1, 0.15) is 0 Å². The van der Waals surface area contributed by atoms with Gasteiger partial charge in [0.2, 0.25) is 0 Å². The molecule has 12 heavy (non-hydrogen) atoms. The van der Waals surface area contributed by atoms with E-state index in [0.29, 0.717) is 0 Å². The van der Waals surface area contributed by atoms with Crippen molar-refractivity contribution >= 4 is 8.56 Å². The first-order valence-electron chi connectivity index (χ1n) is 4.76. The molecule has 1 aliphatic rings.